The van der Waals surface area contributed by atoms with Crippen LogP contribution in [0.4, 0.5) is 0 Å². The predicted molar refractivity (Wildman–Crippen MR) is 103 cm³/mol. The summed E-state index contributed by atoms with van der Waals surface area (Å²) in [5.41, 5.74) is 0. The van der Waals surface area contributed by atoms with Crippen molar-refractivity contribution in [3.05, 3.63) is 0 Å². The van der Waals surface area contributed by atoms with Crippen LogP contribution in [0.25, 0.3) is 0 Å². The molecule has 4 nitrogen and oxygen atoms in total. The van der Waals surface area contributed by atoms with E-state index >= 15 is 0 Å². The maximum atomic E-state index is 10.6. The third kappa shape index (κ3) is 5.67. The molecule has 6 unspecified atom stereocenters. The van der Waals surface area contributed by atoms with Crippen LogP contribution < -0.4 is 0 Å². The zero-order valence-electron chi connectivity index (χ0n) is 16.9. The summed E-state index contributed by atoms with van der Waals surface area (Å²) >= 11 is 0. The van der Waals surface area contributed by atoms with Crippen molar-refractivity contribution in [2.24, 2.45) is 23.7 Å². The van der Waals surface area contributed by atoms with Gasteiger partial charge in [0.05, 0.1) is 32.0 Å². The Balaban J connectivity index is 1.42. The molecule has 2 aliphatic carbocycles. The summed E-state index contributed by atoms with van der Waals surface area (Å²) in [4.78, 5) is 0. The number of aliphatic hydroxyl groups excluding tert-OH is 1. The second-order valence-corrected chi connectivity index (χ2v) is 8.99. The Labute approximate surface area is 160 Å². The Bertz CT molecular complexity index is 396. The molecule has 1 N–H and O–H groups in total. The van der Waals surface area contributed by atoms with Crippen molar-refractivity contribution in [1.29, 1.82) is 0 Å². The summed E-state index contributed by atoms with van der Waals surface area (Å²) < 4.78 is 17.7. The summed E-state index contributed by atoms with van der Waals surface area (Å²) in [7, 11) is 0. The maximum absolute atomic E-state index is 10.6. The van der Waals surface area contributed by atoms with Crippen LogP contribution in [0.2, 0.25) is 0 Å². The Morgan fingerprint density at radius 2 is 1.77 bits per heavy atom. The molecule has 1 aliphatic heterocycles. The van der Waals surface area contributed by atoms with Crippen molar-refractivity contribution in [2.45, 2.75) is 96.6 Å². The largest absolute Gasteiger partial charge is 0.378 e. The van der Waals surface area contributed by atoms with Gasteiger partial charge in [-0.2, -0.15) is 0 Å². The molecule has 152 valence electrons. The van der Waals surface area contributed by atoms with Gasteiger partial charge < -0.3 is 19.3 Å². The molecular weight excluding hydrogens is 328 g/mol. The predicted octanol–water partition coefficient (Wildman–Crippen LogP) is 4.54. The van der Waals surface area contributed by atoms with Crippen LogP contribution in [0.3, 0.4) is 0 Å². The Morgan fingerprint density at radius 1 is 0.962 bits per heavy atom. The van der Waals surface area contributed by atoms with Crippen molar-refractivity contribution >= 4 is 0 Å². The van der Waals surface area contributed by atoms with Gasteiger partial charge in [0.1, 0.15) is 0 Å². The highest BCUT2D eigenvalue weighted by Crippen LogP contribution is 2.44. The molecule has 3 fully saturated rings. The Kier molecular flexibility index (Phi) is 8.23. The zero-order chi connectivity index (χ0) is 18.4. The van der Waals surface area contributed by atoms with E-state index in [-0.39, 0.29) is 5.92 Å². The monoisotopic (exact) mass is 368 g/mol. The van der Waals surface area contributed by atoms with E-state index in [1.165, 1.54) is 64.2 Å². The lowest BCUT2D eigenvalue weighted by molar-refractivity contribution is -0.166. The summed E-state index contributed by atoms with van der Waals surface area (Å²) in [5.74, 6) is 2.02. The minimum absolute atomic E-state index is 0.162. The molecule has 6 atom stereocenters. The van der Waals surface area contributed by atoms with E-state index in [1.54, 1.807) is 0 Å². The fourth-order valence-electron chi connectivity index (χ4n) is 5.45. The van der Waals surface area contributed by atoms with Gasteiger partial charge in [-0.15, -0.1) is 0 Å². The van der Waals surface area contributed by atoms with E-state index < -0.39 is 6.29 Å². The van der Waals surface area contributed by atoms with Crippen molar-refractivity contribution in [2.75, 3.05) is 19.8 Å². The van der Waals surface area contributed by atoms with Gasteiger partial charge in [-0.3, -0.25) is 0 Å². The lowest BCUT2D eigenvalue weighted by Gasteiger charge is -2.41. The van der Waals surface area contributed by atoms with Crippen molar-refractivity contribution in [3.63, 3.8) is 0 Å². The molecule has 0 amide bonds. The van der Waals surface area contributed by atoms with E-state index in [0.717, 1.165) is 12.5 Å². The lowest BCUT2D eigenvalue weighted by Crippen LogP contribution is -2.39. The third-order valence-corrected chi connectivity index (χ3v) is 7.19. The number of rotatable bonds is 7. The third-order valence-electron chi connectivity index (χ3n) is 7.19. The molecule has 1 saturated heterocycles. The average Bonchev–Trinajstić information content (AvgIpc) is 2.87. The summed E-state index contributed by atoms with van der Waals surface area (Å²) in [5, 5.41) is 10.6. The minimum atomic E-state index is -0.686. The van der Waals surface area contributed by atoms with Crippen LogP contribution in [0.15, 0.2) is 0 Å². The average molecular weight is 369 g/mol. The molecule has 0 radical (unpaired) electrons. The van der Waals surface area contributed by atoms with Gasteiger partial charge in [0.2, 0.25) is 0 Å². The number of fused-ring (bicyclic) bond motifs is 1. The van der Waals surface area contributed by atoms with E-state index in [1.807, 2.05) is 0 Å². The van der Waals surface area contributed by atoms with Gasteiger partial charge in [-0.1, -0.05) is 39.0 Å². The topological polar surface area (TPSA) is 47.9 Å². The maximum Gasteiger partial charge on any atom is 0.157 e. The fourth-order valence-corrected chi connectivity index (χ4v) is 5.45. The second kappa shape index (κ2) is 10.4. The number of hydrogen-bond donors (Lipinski definition) is 1. The molecule has 0 spiro atoms. The first kappa shape index (κ1) is 20.6. The first-order valence-electron chi connectivity index (χ1n) is 11.2. The molecule has 4 heteroatoms. The number of aliphatic hydroxyl groups is 1. The fraction of sp³-hybridized carbons (Fsp3) is 1.00. The first-order chi connectivity index (χ1) is 12.6. The van der Waals surface area contributed by atoms with Crippen molar-refractivity contribution in [1.82, 2.24) is 0 Å². The van der Waals surface area contributed by atoms with Crippen molar-refractivity contribution in [3.8, 4) is 0 Å². The van der Waals surface area contributed by atoms with Crippen LogP contribution in [0.5, 0.6) is 0 Å². The molecule has 3 aliphatic rings. The summed E-state index contributed by atoms with van der Waals surface area (Å²) in [6.07, 6.45) is 12.7. The summed E-state index contributed by atoms with van der Waals surface area (Å²) in [6, 6.07) is 0. The standard InChI is InChI=1S/C22H40O4/c1-16-11-12-18-7-6-10-20(21(18)15-26-16)17(2)22(23)25-14-13-24-19-8-4-3-5-9-19/h16-23H,3-15H2,1-2H3. The van der Waals surface area contributed by atoms with Crippen molar-refractivity contribution < 1.29 is 19.3 Å². The highest BCUT2D eigenvalue weighted by atomic mass is 16.6. The smallest absolute Gasteiger partial charge is 0.157 e. The van der Waals surface area contributed by atoms with Crippen LogP contribution >= 0.6 is 0 Å². The van der Waals surface area contributed by atoms with Gasteiger partial charge in [0.15, 0.2) is 6.29 Å². The quantitative estimate of drug-likeness (QED) is 0.529. The molecule has 1 heterocycles. The first-order valence-corrected chi connectivity index (χ1v) is 11.2. The van der Waals surface area contributed by atoms with E-state index in [0.29, 0.717) is 37.3 Å². The van der Waals surface area contributed by atoms with E-state index in [2.05, 4.69) is 13.8 Å². The molecule has 3 rings (SSSR count). The Hall–Kier alpha value is -0.160. The van der Waals surface area contributed by atoms with Crippen LogP contribution in [-0.2, 0) is 14.2 Å². The van der Waals surface area contributed by atoms with Gasteiger partial charge in [0, 0.05) is 5.92 Å². The highest BCUT2D eigenvalue weighted by molar-refractivity contribution is 4.87. The van der Waals surface area contributed by atoms with Gasteiger partial charge in [-0.05, 0) is 56.8 Å². The minimum Gasteiger partial charge on any atom is -0.378 e. The molecular formula is C22H40O4. The van der Waals surface area contributed by atoms with Gasteiger partial charge >= 0.3 is 0 Å². The van der Waals surface area contributed by atoms with E-state index in [9.17, 15) is 5.11 Å². The van der Waals surface area contributed by atoms with Gasteiger partial charge in [0.25, 0.3) is 0 Å². The number of ether oxygens (including phenoxy) is 3. The molecule has 26 heavy (non-hydrogen) atoms. The molecule has 2 saturated carbocycles. The van der Waals surface area contributed by atoms with Crippen LogP contribution in [-0.4, -0.2) is 43.4 Å². The lowest BCUT2D eigenvalue weighted by atomic mass is 9.66. The number of hydrogen-bond acceptors (Lipinski definition) is 4. The highest BCUT2D eigenvalue weighted by Gasteiger charge is 2.40. The molecule has 0 bridgehead atoms. The molecule has 0 aromatic heterocycles. The SMILES string of the molecule is CC1CCC2CCCC(C(C)C(O)OCCOC3CCCCC3)C2CO1. The summed E-state index contributed by atoms with van der Waals surface area (Å²) in [6.45, 7) is 6.31. The second-order valence-electron chi connectivity index (χ2n) is 8.99. The zero-order valence-corrected chi connectivity index (χ0v) is 16.9. The Morgan fingerprint density at radius 3 is 2.58 bits per heavy atom. The van der Waals surface area contributed by atoms with Crippen LogP contribution in [0, 0.1) is 23.7 Å². The van der Waals surface area contributed by atoms with Crippen LogP contribution in [0.1, 0.15) is 78.1 Å². The normalized spacial score (nSPS) is 36.1. The molecule has 0 aromatic carbocycles. The molecule has 0 aromatic rings. The van der Waals surface area contributed by atoms with E-state index in [4.69, 9.17) is 14.2 Å². The van der Waals surface area contributed by atoms with Gasteiger partial charge in [-0.25, -0.2) is 0 Å².